The van der Waals surface area contributed by atoms with Crippen molar-refractivity contribution < 1.29 is 69.4 Å². The molecule has 0 aromatic heterocycles. The van der Waals surface area contributed by atoms with Gasteiger partial charge in [0.05, 0.1) is 19.3 Å². The molecular formula is C39H62O14. The van der Waals surface area contributed by atoms with E-state index >= 15 is 0 Å². The minimum Gasteiger partial charge on any atom is -0.396 e. The Morgan fingerprint density at radius 1 is 0.849 bits per heavy atom. The third kappa shape index (κ3) is 7.46. The molecule has 302 valence electrons. The van der Waals surface area contributed by atoms with Crippen LogP contribution in [0, 0.1) is 46.3 Å². The molecule has 2 aliphatic heterocycles. The van der Waals surface area contributed by atoms with Crippen molar-refractivity contribution in [2.75, 3.05) is 19.8 Å². The van der Waals surface area contributed by atoms with Crippen LogP contribution in [0.1, 0.15) is 85.5 Å². The Balaban J connectivity index is 1.28. The molecule has 19 atom stereocenters. The number of ketones is 2. The minimum absolute atomic E-state index is 0.0123. The second kappa shape index (κ2) is 16.2. The molecule has 14 heteroatoms. The van der Waals surface area contributed by atoms with E-state index in [0.717, 1.165) is 32.1 Å². The van der Waals surface area contributed by atoms with E-state index in [-0.39, 0.29) is 46.8 Å². The van der Waals surface area contributed by atoms with Crippen LogP contribution in [-0.2, 0) is 28.5 Å². The average Bonchev–Trinajstić information content (AvgIpc) is 3.44. The van der Waals surface area contributed by atoms with Gasteiger partial charge in [-0.3, -0.25) is 9.59 Å². The van der Waals surface area contributed by atoms with E-state index in [1.54, 1.807) is 0 Å². The lowest BCUT2D eigenvalue weighted by atomic mass is 9.46. The monoisotopic (exact) mass is 754 g/mol. The van der Waals surface area contributed by atoms with Crippen molar-refractivity contribution in [1.29, 1.82) is 0 Å². The molecule has 0 unspecified atom stereocenters. The molecule has 0 bridgehead atoms. The van der Waals surface area contributed by atoms with E-state index in [0.29, 0.717) is 37.5 Å². The fourth-order valence-corrected chi connectivity index (χ4v) is 11.4. The predicted molar refractivity (Wildman–Crippen MR) is 187 cm³/mol. The summed E-state index contributed by atoms with van der Waals surface area (Å²) < 4.78 is 24.1. The van der Waals surface area contributed by atoms with Gasteiger partial charge in [0, 0.05) is 31.3 Å². The summed E-state index contributed by atoms with van der Waals surface area (Å²) in [4.78, 5) is 26.3. The van der Waals surface area contributed by atoms with Crippen LogP contribution >= 0.6 is 0 Å². The maximum absolute atomic E-state index is 13.9. The average molecular weight is 755 g/mol. The quantitative estimate of drug-likeness (QED) is 0.135. The minimum atomic E-state index is -1.80. The number of hydrogen-bond donors (Lipinski definition) is 8. The van der Waals surface area contributed by atoms with Crippen molar-refractivity contribution in [3.8, 4) is 0 Å². The van der Waals surface area contributed by atoms with Crippen molar-refractivity contribution in [2.45, 2.75) is 153 Å². The van der Waals surface area contributed by atoms with Crippen LogP contribution in [0.3, 0.4) is 0 Å². The number of carbonyl (C=O) groups excluding carboxylic acids is 2. The van der Waals surface area contributed by atoms with Gasteiger partial charge in [0.2, 0.25) is 0 Å². The lowest BCUT2D eigenvalue weighted by Crippen LogP contribution is -2.65. The lowest BCUT2D eigenvalue weighted by molar-refractivity contribution is -0.365. The smallest absolute Gasteiger partial charge is 0.187 e. The first kappa shape index (κ1) is 41.2. The molecular weight excluding hydrogens is 692 g/mol. The number of allylic oxidation sites excluding steroid dienone is 1. The molecule has 0 amide bonds. The summed E-state index contributed by atoms with van der Waals surface area (Å²) in [5, 5.41) is 83.6. The van der Waals surface area contributed by atoms with Crippen molar-refractivity contribution in [1.82, 2.24) is 0 Å². The molecule has 5 fully saturated rings. The van der Waals surface area contributed by atoms with Gasteiger partial charge in [-0.15, -0.1) is 0 Å². The first-order valence-corrected chi connectivity index (χ1v) is 19.7. The maximum atomic E-state index is 13.9. The third-order valence-electron chi connectivity index (χ3n) is 14.6. The molecule has 2 saturated heterocycles. The lowest BCUT2D eigenvalue weighted by Gasteiger charge is -2.58. The first-order chi connectivity index (χ1) is 25.1. The number of hydrogen-bond acceptors (Lipinski definition) is 14. The molecule has 4 aliphatic carbocycles. The van der Waals surface area contributed by atoms with Crippen LogP contribution in [0.25, 0.3) is 0 Å². The fraction of sp³-hybridized carbons (Fsp3) is 0.897. The molecule has 0 aromatic rings. The zero-order chi connectivity index (χ0) is 38.6. The predicted octanol–water partition coefficient (Wildman–Crippen LogP) is 0.368. The van der Waals surface area contributed by atoms with Gasteiger partial charge in [-0.1, -0.05) is 33.3 Å². The number of aliphatic hydroxyl groups is 8. The summed E-state index contributed by atoms with van der Waals surface area (Å²) in [6, 6.07) is 0. The fourth-order valence-electron chi connectivity index (χ4n) is 11.4. The number of fused-ring (bicyclic) bond motifs is 5. The summed E-state index contributed by atoms with van der Waals surface area (Å²) in [6.07, 6.45) is -8.06. The molecule has 6 rings (SSSR count). The van der Waals surface area contributed by atoms with E-state index in [1.165, 1.54) is 5.57 Å². The second-order valence-corrected chi connectivity index (χ2v) is 17.5. The van der Waals surface area contributed by atoms with Gasteiger partial charge >= 0.3 is 0 Å². The van der Waals surface area contributed by atoms with Crippen LogP contribution in [0.15, 0.2) is 11.6 Å². The maximum Gasteiger partial charge on any atom is 0.187 e. The Kier molecular flexibility index (Phi) is 12.6. The van der Waals surface area contributed by atoms with E-state index in [2.05, 4.69) is 13.8 Å². The van der Waals surface area contributed by atoms with Crippen molar-refractivity contribution >= 4 is 11.6 Å². The molecule has 53 heavy (non-hydrogen) atoms. The first-order valence-electron chi connectivity index (χ1n) is 19.7. The summed E-state index contributed by atoms with van der Waals surface area (Å²) >= 11 is 0. The van der Waals surface area contributed by atoms with E-state index in [1.807, 2.05) is 19.9 Å². The van der Waals surface area contributed by atoms with Gasteiger partial charge in [-0.05, 0) is 85.5 Å². The van der Waals surface area contributed by atoms with Crippen molar-refractivity contribution in [2.24, 2.45) is 46.3 Å². The van der Waals surface area contributed by atoms with Crippen LogP contribution in [0.4, 0.5) is 0 Å². The molecule has 0 spiro atoms. The normalized spacial score (nSPS) is 48.3. The molecule has 3 saturated carbocycles. The topological polar surface area (TPSA) is 233 Å². The van der Waals surface area contributed by atoms with Gasteiger partial charge < -0.3 is 59.8 Å². The molecule has 2 heterocycles. The summed E-state index contributed by atoms with van der Waals surface area (Å²) in [5.41, 5.74) is 0.865. The Bertz CT molecular complexity index is 1340. The molecule has 0 aromatic carbocycles. The zero-order valence-corrected chi connectivity index (χ0v) is 31.4. The highest BCUT2D eigenvalue weighted by Crippen LogP contribution is 2.68. The molecule has 6 aliphatic rings. The Morgan fingerprint density at radius 3 is 2.17 bits per heavy atom. The Morgan fingerprint density at radius 2 is 1.51 bits per heavy atom. The number of aliphatic hydroxyl groups excluding tert-OH is 8. The largest absolute Gasteiger partial charge is 0.396 e. The van der Waals surface area contributed by atoms with Gasteiger partial charge in [-0.25, -0.2) is 0 Å². The summed E-state index contributed by atoms with van der Waals surface area (Å²) in [7, 11) is 0. The SMILES string of the molecule is C[C@H](CO)CCC(=O)[C@@H](C)[C@H]1[C@@H](O[C@@H]2O[C@H](CO)[C@@H](O)[C@H](O[C@@H]3O[C@H](CO)[C@@H](O)[C@H](O)[C@H]3O)[C@H]2O)C[C@H]2[C@@H]3CCC4=CC(=O)CC[C@]4(C)[C@@H]3CC[C@]12C. The van der Waals surface area contributed by atoms with Crippen LogP contribution in [-0.4, -0.2) is 140 Å². The molecule has 14 nitrogen and oxygen atoms in total. The van der Waals surface area contributed by atoms with Crippen LogP contribution in [0.2, 0.25) is 0 Å². The van der Waals surface area contributed by atoms with Gasteiger partial charge in [-0.2, -0.15) is 0 Å². The number of ether oxygens (including phenoxy) is 4. The van der Waals surface area contributed by atoms with E-state index in [9.17, 15) is 50.4 Å². The second-order valence-electron chi connectivity index (χ2n) is 17.5. The highest BCUT2D eigenvalue weighted by atomic mass is 16.7. The Hall–Kier alpha value is -1.40. The summed E-state index contributed by atoms with van der Waals surface area (Å²) in [5.74, 6) is 0.386. The Labute approximate surface area is 311 Å². The van der Waals surface area contributed by atoms with Crippen LogP contribution in [0.5, 0.6) is 0 Å². The molecule has 0 radical (unpaired) electrons. The molecule has 8 N–H and O–H groups in total. The van der Waals surface area contributed by atoms with Crippen LogP contribution < -0.4 is 0 Å². The van der Waals surface area contributed by atoms with Crippen molar-refractivity contribution in [3.63, 3.8) is 0 Å². The van der Waals surface area contributed by atoms with Gasteiger partial charge in [0.15, 0.2) is 18.4 Å². The highest BCUT2D eigenvalue weighted by Gasteiger charge is 2.64. The highest BCUT2D eigenvalue weighted by molar-refractivity contribution is 5.91. The standard InChI is InChI=1S/C39H62O14/c1-18(15-40)5-8-25(44)19(2)29-26(14-24-22-7-6-20-13-21(43)9-11-38(20,3)23(22)10-12-39(24,29)4)50-37-34(49)35(31(46)28(17-42)52-37)53-36-33(48)32(47)30(45)27(16-41)51-36/h13,18-19,22-24,26-37,40-42,45-49H,5-12,14-17H2,1-4H3/t18-,19+,22+,23+,24-,26-,27+,28+,29-,30+,31+,32-,33+,34+,35-,36-,37+,38-,39-/m0/s1. The third-order valence-corrected chi connectivity index (χ3v) is 14.6. The van der Waals surface area contributed by atoms with Gasteiger partial charge in [0.1, 0.15) is 54.6 Å². The number of rotatable bonds is 12. The number of Topliss-reactive ketones (excluding diaryl/α,β-unsaturated/α-hetero) is 1. The summed E-state index contributed by atoms with van der Waals surface area (Å²) in [6.45, 7) is 7.01. The van der Waals surface area contributed by atoms with E-state index < -0.39 is 86.6 Å². The zero-order valence-electron chi connectivity index (χ0n) is 31.4. The number of carbonyl (C=O) groups is 2. The van der Waals surface area contributed by atoms with E-state index in [4.69, 9.17) is 18.9 Å². The van der Waals surface area contributed by atoms with Crippen molar-refractivity contribution in [3.05, 3.63) is 11.6 Å². The van der Waals surface area contributed by atoms with Gasteiger partial charge in [0.25, 0.3) is 0 Å².